The number of ketones is 1. The second kappa shape index (κ2) is 9.49. The summed E-state index contributed by atoms with van der Waals surface area (Å²) >= 11 is 0. The van der Waals surface area contributed by atoms with E-state index in [1.54, 1.807) is 7.11 Å². The second-order valence-corrected chi connectivity index (χ2v) is 8.78. The zero-order valence-electron chi connectivity index (χ0n) is 19.5. The number of carbonyl (C=O) groups excluding carboxylic acids is 2. The highest BCUT2D eigenvalue weighted by Crippen LogP contribution is 2.44. The summed E-state index contributed by atoms with van der Waals surface area (Å²) in [6, 6.07) is 24.1. The minimum atomic E-state index is -0.466. The number of nitrogens with zero attached hydrogens (tertiary/aromatic N) is 1. The highest BCUT2D eigenvalue weighted by atomic mass is 16.5. The van der Waals surface area contributed by atoms with Gasteiger partial charge in [-0.25, -0.2) is 0 Å². The summed E-state index contributed by atoms with van der Waals surface area (Å²) in [5.74, 6) is 0.000763. The van der Waals surface area contributed by atoms with Crippen molar-refractivity contribution >= 4 is 23.1 Å². The lowest BCUT2D eigenvalue weighted by atomic mass is 9.77. The second-order valence-electron chi connectivity index (χ2n) is 8.78. The van der Waals surface area contributed by atoms with Crippen LogP contribution in [0.4, 0.5) is 11.4 Å². The number of rotatable bonds is 6. The van der Waals surface area contributed by atoms with Gasteiger partial charge in [0.05, 0.1) is 19.1 Å². The van der Waals surface area contributed by atoms with Gasteiger partial charge in [0.25, 0.3) is 0 Å². The van der Waals surface area contributed by atoms with Gasteiger partial charge in [0.2, 0.25) is 5.91 Å². The Morgan fingerprint density at radius 1 is 0.909 bits per heavy atom. The molecule has 0 radical (unpaired) electrons. The Morgan fingerprint density at radius 2 is 1.55 bits per heavy atom. The predicted octanol–water partition coefficient (Wildman–Crippen LogP) is 5.74. The van der Waals surface area contributed by atoms with Gasteiger partial charge in [-0.05, 0) is 42.8 Å². The van der Waals surface area contributed by atoms with Gasteiger partial charge in [-0.1, -0.05) is 62.4 Å². The molecule has 1 heterocycles. The molecule has 3 aromatic rings. The van der Waals surface area contributed by atoms with Crippen LogP contribution in [0.15, 0.2) is 78.9 Å². The van der Waals surface area contributed by atoms with Crippen LogP contribution in [0.3, 0.4) is 0 Å². The van der Waals surface area contributed by atoms with E-state index in [1.165, 1.54) is 0 Å². The van der Waals surface area contributed by atoms with Crippen LogP contribution in [0.5, 0.6) is 5.75 Å². The Bertz CT molecular complexity index is 1130. The molecule has 3 unspecified atom stereocenters. The van der Waals surface area contributed by atoms with Crippen molar-refractivity contribution in [1.29, 1.82) is 0 Å². The maximum Gasteiger partial charge on any atom is 0.230 e. The van der Waals surface area contributed by atoms with Crippen LogP contribution in [0.2, 0.25) is 0 Å². The Labute approximate surface area is 195 Å². The van der Waals surface area contributed by atoms with Crippen molar-refractivity contribution in [2.75, 3.05) is 17.3 Å². The first kappa shape index (κ1) is 22.6. The largest absolute Gasteiger partial charge is 0.497 e. The van der Waals surface area contributed by atoms with E-state index in [4.69, 9.17) is 4.74 Å². The number of hydrogen-bond acceptors (Lipinski definition) is 4. The average Bonchev–Trinajstić information content (AvgIpc) is 2.84. The summed E-state index contributed by atoms with van der Waals surface area (Å²) in [5, 5.41) is 3.50. The molecule has 1 aliphatic heterocycles. The van der Waals surface area contributed by atoms with Gasteiger partial charge in [-0.15, -0.1) is 0 Å². The summed E-state index contributed by atoms with van der Waals surface area (Å²) in [4.78, 5) is 29.4. The van der Waals surface area contributed by atoms with Crippen molar-refractivity contribution in [2.45, 2.75) is 32.9 Å². The molecule has 0 saturated carbocycles. The van der Waals surface area contributed by atoms with Gasteiger partial charge >= 0.3 is 0 Å². The number of nitrogens with one attached hydrogen (secondary N) is 1. The molecule has 0 spiro atoms. The molecular formula is C28H30N2O3. The van der Waals surface area contributed by atoms with Gasteiger partial charge in [-0.3, -0.25) is 9.59 Å². The third kappa shape index (κ3) is 4.36. The summed E-state index contributed by atoms with van der Waals surface area (Å²) in [5.41, 5.74) is 3.28. The van der Waals surface area contributed by atoms with Gasteiger partial charge in [0, 0.05) is 28.9 Å². The van der Waals surface area contributed by atoms with Gasteiger partial charge in [-0.2, -0.15) is 0 Å². The molecule has 3 atom stereocenters. The van der Waals surface area contributed by atoms with Crippen LogP contribution < -0.4 is 15.0 Å². The quantitative estimate of drug-likeness (QED) is 0.495. The molecule has 5 nitrogen and oxygen atoms in total. The predicted molar refractivity (Wildman–Crippen MR) is 132 cm³/mol. The standard InChI is InChI=1S/C28H30N2O3/c1-18(2)28(32)30(21-14-16-22(33-4)17-15-21)26-23-12-8-9-13-24(23)29-19(3)25(26)27(31)20-10-6-5-7-11-20/h5-19,25-26,29H,1-4H3. The Balaban J connectivity index is 1.91. The molecule has 0 aliphatic carbocycles. The molecule has 1 amide bonds. The smallest absolute Gasteiger partial charge is 0.230 e. The molecule has 0 saturated heterocycles. The maximum atomic E-state index is 13.9. The average molecular weight is 443 g/mol. The molecule has 0 aromatic heterocycles. The molecule has 1 aliphatic rings. The maximum absolute atomic E-state index is 13.9. The fourth-order valence-corrected chi connectivity index (χ4v) is 4.60. The normalized spacial score (nSPS) is 19.4. The Kier molecular flexibility index (Phi) is 6.50. The summed E-state index contributed by atoms with van der Waals surface area (Å²) in [7, 11) is 1.62. The van der Waals surface area contributed by atoms with E-state index >= 15 is 0 Å². The number of anilines is 2. The lowest BCUT2D eigenvalue weighted by molar-refractivity contribution is -0.122. The SMILES string of the molecule is COc1ccc(N(C(=O)C(C)C)C2c3ccccc3NC(C)C2C(=O)c2ccccc2)cc1. The van der Waals surface area contributed by atoms with E-state index in [0.29, 0.717) is 11.3 Å². The minimum absolute atomic E-state index is 0.0187. The van der Waals surface area contributed by atoms with E-state index in [-0.39, 0.29) is 23.7 Å². The van der Waals surface area contributed by atoms with Gasteiger partial charge in [0.15, 0.2) is 5.78 Å². The van der Waals surface area contributed by atoms with E-state index < -0.39 is 12.0 Å². The molecule has 170 valence electrons. The first-order valence-corrected chi connectivity index (χ1v) is 11.3. The molecule has 0 fully saturated rings. The van der Waals surface area contributed by atoms with E-state index in [2.05, 4.69) is 5.32 Å². The number of benzene rings is 3. The third-order valence-electron chi connectivity index (χ3n) is 6.26. The summed E-state index contributed by atoms with van der Waals surface area (Å²) in [6.07, 6.45) is 0. The third-order valence-corrected chi connectivity index (χ3v) is 6.26. The van der Waals surface area contributed by atoms with Crippen molar-refractivity contribution in [3.05, 3.63) is 90.0 Å². The van der Waals surface area contributed by atoms with Gasteiger partial charge in [0.1, 0.15) is 5.75 Å². The van der Waals surface area contributed by atoms with Gasteiger partial charge < -0.3 is 15.0 Å². The number of hydrogen-bond donors (Lipinski definition) is 1. The topological polar surface area (TPSA) is 58.6 Å². The Hall–Kier alpha value is -3.60. The fourth-order valence-electron chi connectivity index (χ4n) is 4.60. The first-order valence-electron chi connectivity index (χ1n) is 11.3. The lowest BCUT2D eigenvalue weighted by Crippen LogP contribution is -2.50. The first-order chi connectivity index (χ1) is 15.9. The van der Waals surface area contributed by atoms with E-state index in [0.717, 1.165) is 16.9 Å². The lowest BCUT2D eigenvalue weighted by Gasteiger charge is -2.44. The van der Waals surface area contributed by atoms with Crippen LogP contribution >= 0.6 is 0 Å². The summed E-state index contributed by atoms with van der Waals surface area (Å²) < 4.78 is 5.33. The van der Waals surface area contributed by atoms with Crippen LogP contribution in [0.25, 0.3) is 0 Å². The number of ether oxygens (including phenoxy) is 1. The number of amides is 1. The molecular weight excluding hydrogens is 412 g/mol. The molecule has 33 heavy (non-hydrogen) atoms. The van der Waals surface area contributed by atoms with E-state index in [1.807, 2.05) is 105 Å². The van der Waals surface area contributed by atoms with Crippen LogP contribution in [0, 0.1) is 11.8 Å². The molecule has 0 bridgehead atoms. The van der Waals surface area contributed by atoms with Crippen molar-refractivity contribution in [3.8, 4) is 5.75 Å². The van der Waals surface area contributed by atoms with Crippen LogP contribution in [0.1, 0.15) is 42.7 Å². The highest BCUT2D eigenvalue weighted by molar-refractivity contribution is 6.02. The molecule has 5 heteroatoms. The van der Waals surface area contributed by atoms with E-state index in [9.17, 15) is 9.59 Å². The van der Waals surface area contributed by atoms with Crippen molar-refractivity contribution in [3.63, 3.8) is 0 Å². The number of methoxy groups -OCH3 is 1. The molecule has 3 aromatic carbocycles. The molecule has 1 N–H and O–H groups in total. The molecule has 4 rings (SSSR count). The monoisotopic (exact) mass is 442 g/mol. The number of para-hydroxylation sites is 1. The zero-order valence-corrected chi connectivity index (χ0v) is 19.5. The highest BCUT2D eigenvalue weighted by Gasteiger charge is 2.44. The van der Waals surface area contributed by atoms with Crippen LogP contribution in [-0.2, 0) is 4.79 Å². The fraction of sp³-hybridized carbons (Fsp3) is 0.286. The zero-order chi connectivity index (χ0) is 23.5. The van der Waals surface area contributed by atoms with Crippen LogP contribution in [-0.4, -0.2) is 24.8 Å². The number of carbonyl (C=O) groups is 2. The summed E-state index contributed by atoms with van der Waals surface area (Å²) in [6.45, 7) is 5.80. The van der Waals surface area contributed by atoms with Crippen molar-refractivity contribution in [1.82, 2.24) is 0 Å². The number of Topliss-reactive ketones (excluding diaryl/α,β-unsaturated/α-hetero) is 1. The Morgan fingerprint density at radius 3 is 2.18 bits per heavy atom. The van der Waals surface area contributed by atoms with Crippen molar-refractivity contribution in [2.24, 2.45) is 11.8 Å². The number of fused-ring (bicyclic) bond motifs is 1. The van der Waals surface area contributed by atoms with Crippen molar-refractivity contribution < 1.29 is 14.3 Å². The minimum Gasteiger partial charge on any atom is -0.497 e.